The van der Waals surface area contributed by atoms with Gasteiger partial charge in [-0.15, -0.1) is 5.53 Å². The smallest absolute Gasteiger partial charge is 0.382 e. The van der Waals surface area contributed by atoms with Crippen LogP contribution in [0.5, 0.6) is 0 Å². The molecule has 1 atom stereocenters. The Bertz CT molecular complexity index is 1660. The Kier molecular flexibility index (Phi) is 7.09. The number of hydrogen-bond donors (Lipinski definition) is 4. The van der Waals surface area contributed by atoms with Crippen molar-refractivity contribution < 1.29 is 17.6 Å². The molecule has 0 spiro atoms. The molecule has 3 aliphatic rings. The van der Waals surface area contributed by atoms with Crippen molar-refractivity contribution in [3.05, 3.63) is 70.2 Å². The lowest BCUT2D eigenvalue weighted by Crippen LogP contribution is -2.46. The summed E-state index contributed by atoms with van der Waals surface area (Å²) in [4.78, 5) is 8.34. The van der Waals surface area contributed by atoms with Crippen LogP contribution in [-0.4, -0.2) is 33.2 Å². The van der Waals surface area contributed by atoms with E-state index in [1.807, 2.05) is 12.3 Å². The number of alkyl halides is 3. The molecule has 0 bridgehead atoms. The first-order valence-corrected chi connectivity index (χ1v) is 14.5. The Morgan fingerprint density at radius 2 is 1.98 bits per heavy atom. The summed E-state index contributed by atoms with van der Waals surface area (Å²) >= 11 is 6.66. The van der Waals surface area contributed by atoms with Gasteiger partial charge in [-0.1, -0.05) is 17.7 Å². The molecule has 2 fully saturated rings. The topological polar surface area (TPSA) is 101 Å². The summed E-state index contributed by atoms with van der Waals surface area (Å²) in [6, 6.07) is 7.82. The normalized spacial score (nSPS) is 18.6. The molecule has 226 valence electrons. The van der Waals surface area contributed by atoms with Crippen LogP contribution in [0.25, 0.3) is 10.9 Å². The molecule has 1 aliphatic heterocycles. The summed E-state index contributed by atoms with van der Waals surface area (Å²) in [5.74, 6) is 0.0486. The number of aryl methyl sites for hydroxylation is 1. The number of halogens is 5. The van der Waals surface area contributed by atoms with Gasteiger partial charge in [-0.2, -0.15) is 22.8 Å². The molecule has 13 heteroatoms. The summed E-state index contributed by atoms with van der Waals surface area (Å²) in [5, 5.41) is 18.8. The summed E-state index contributed by atoms with van der Waals surface area (Å²) < 4.78 is 54.9. The minimum absolute atomic E-state index is 0.0867. The van der Waals surface area contributed by atoms with Crippen molar-refractivity contribution in [2.24, 2.45) is 11.3 Å². The van der Waals surface area contributed by atoms with Crippen LogP contribution in [-0.2, 0) is 0 Å². The molecule has 0 radical (unpaired) electrons. The third-order valence-electron chi connectivity index (χ3n) is 8.71. The second-order valence-electron chi connectivity index (χ2n) is 12.2. The van der Waals surface area contributed by atoms with Gasteiger partial charge in [0.25, 0.3) is 0 Å². The zero-order valence-corrected chi connectivity index (χ0v) is 24.6. The van der Waals surface area contributed by atoms with E-state index in [4.69, 9.17) is 11.6 Å². The maximum absolute atomic E-state index is 14.0. The highest BCUT2D eigenvalue weighted by atomic mass is 35.5. The van der Waals surface area contributed by atoms with Gasteiger partial charge < -0.3 is 16.1 Å². The zero-order valence-electron chi connectivity index (χ0n) is 23.8. The van der Waals surface area contributed by atoms with Gasteiger partial charge in [-0.05, 0) is 70.6 Å². The monoisotopic (exact) mass is 614 g/mol. The molecule has 1 aromatic carbocycles. The van der Waals surface area contributed by atoms with Crippen LogP contribution in [0.3, 0.4) is 0 Å². The molecule has 2 aliphatic carbocycles. The molecule has 0 saturated heterocycles. The zero-order chi connectivity index (χ0) is 30.7. The number of nitriles is 1. The molecule has 3 aromatic rings. The number of anilines is 2. The standard InChI is InChI=1S/C30H31ClF4N8/c1-16-20(6-7-24(32)39-16)27(23-14-43(42-41-23)29(8-9-29)18-4-5-18)40-19-10-21-25(38-15-28(2,3)30(33,34)35)17(12-36)13-37-26(21)22(31)11-19/h6-7,10-11,13-14,18,27,40-42H,4-5,8-9,15H2,1-3H3,(H,37,38)/t27-/m0/s1. The quantitative estimate of drug-likeness (QED) is 0.153. The first-order chi connectivity index (χ1) is 20.3. The molecule has 4 N–H and O–H groups in total. The third kappa shape index (κ3) is 5.40. The van der Waals surface area contributed by atoms with E-state index in [2.05, 4.69) is 36.6 Å². The van der Waals surface area contributed by atoms with E-state index in [-0.39, 0.29) is 21.8 Å². The van der Waals surface area contributed by atoms with Crippen LogP contribution in [0, 0.1) is 35.5 Å². The van der Waals surface area contributed by atoms with E-state index in [9.17, 15) is 22.8 Å². The Labute approximate surface area is 251 Å². The molecular weight excluding hydrogens is 584 g/mol. The average molecular weight is 615 g/mol. The summed E-state index contributed by atoms with van der Waals surface area (Å²) in [7, 11) is 0. The lowest BCUT2D eigenvalue weighted by molar-refractivity contribution is -0.206. The molecule has 8 nitrogen and oxygen atoms in total. The summed E-state index contributed by atoms with van der Waals surface area (Å²) in [5.41, 5.74) is 7.70. The number of benzene rings is 1. The van der Waals surface area contributed by atoms with Crippen molar-refractivity contribution in [2.75, 3.05) is 17.2 Å². The molecule has 2 aromatic heterocycles. The van der Waals surface area contributed by atoms with Gasteiger partial charge in [-0.3, -0.25) is 9.99 Å². The van der Waals surface area contributed by atoms with E-state index in [0.717, 1.165) is 32.4 Å². The minimum Gasteiger partial charge on any atom is -0.382 e. The Balaban J connectivity index is 1.39. The van der Waals surface area contributed by atoms with Gasteiger partial charge in [0.15, 0.2) is 0 Å². The van der Waals surface area contributed by atoms with E-state index >= 15 is 0 Å². The van der Waals surface area contributed by atoms with Crippen molar-refractivity contribution >= 4 is 33.9 Å². The van der Waals surface area contributed by atoms with Crippen LogP contribution in [0.1, 0.15) is 62.4 Å². The number of aromatic nitrogens is 2. The summed E-state index contributed by atoms with van der Waals surface area (Å²) in [6.07, 6.45) is 3.46. The minimum atomic E-state index is -4.46. The number of hydrogen-bond acceptors (Lipinski definition) is 8. The van der Waals surface area contributed by atoms with Crippen LogP contribution in [0.4, 0.5) is 28.9 Å². The number of fused-ring (bicyclic) bond motifs is 1. The van der Waals surface area contributed by atoms with Gasteiger partial charge in [0.1, 0.15) is 6.07 Å². The van der Waals surface area contributed by atoms with Gasteiger partial charge >= 0.3 is 6.18 Å². The maximum atomic E-state index is 14.0. The number of nitrogens with zero attached hydrogens (tertiary/aromatic N) is 4. The SMILES string of the molecule is Cc1nc(F)ccc1[C@H](Nc1cc(Cl)c2ncc(C#N)c(NCC(C)(C)C(F)(F)F)c2c1)C1=CN(C2(C3CC3)CC2)NN1. The second-order valence-corrected chi connectivity index (χ2v) is 12.6. The molecule has 3 heterocycles. The van der Waals surface area contributed by atoms with E-state index in [1.165, 1.54) is 25.1 Å². The fourth-order valence-electron chi connectivity index (χ4n) is 5.67. The Hall–Kier alpha value is -3.82. The highest BCUT2D eigenvalue weighted by Crippen LogP contribution is 2.57. The number of nitrogens with one attached hydrogen (secondary N) is 4. The second kappa shape index (κ2) is 10.4. The maximum Gasteiger partial charge on any atom is 0.395 e. The van der Waals surface area contributed by atoms with Crippen LogP contribution >= 0.6 is 11.6 Å². The van der Waals surface area contributed by atoms with Crippen molar-refractivity contribution in [3.63, 3.8) is 0 Å². The van der Waals surface area contributed by atoms with E-state index in [1.54, 1.807) is 25.1 Å². The van der Waals surface area contributed by atoms with E-state index < -0.39 is 30.1 Å². The van der Waals surface area contributed by atoms with Crippen molar-refractivity contribution in [1.29, 1.82) is 5.26 Å². The first kappa shape index (κ1) is 29.3. The Morgan fingerprint density at radius 1 is 1.23 bits per heavy atom. The van der Waals surface area contributed by atoms with Crippen LogP contribution < -0.4 is 21.6 Å². The Morgan fingerprint density at radius 3 is 2.60 bits per heavy atom. The van der Waals surface area contributed by atoms with Crippen molar-refractivity contribution in [3.8, 4) is 6.07 Å². The van der Waals surface area contributed by atoms with Crippen molar-refractivity contribution in [2.45, 2.75) is 64.2 Å². The third-order valence-corrected chi connectivity index (χ3v) is 9.00. The summed E-state index contributed by atoms with van der Waals surface area (Å²) in [6.45, 7) is 3.44. The number of rotatable bonds is 9. The van der Waals surface area contributed by atoms with E-state index in [0.29, 0.717) is 33.8 Å². The molecule has 6 rings (SSSR count). The predicted molar refractivity (Wildman–Crippen MR) is 156 cm³/mol. The highest BCUT2D eigenvalue weighted by Gasteiger charge is 2.58. The highest BCUT2D eigenvalue weighted by molar-refractivity contribution is 6.35. The molecular formula is C30H31ClF4N8. The number of hydrazine groups is 2. The largest absolute Gasteiger partial charge is 0.395 e. The predicted octanol–water partition coefficient (Wildman–Crippen LogP) is 6.86. The first-order valence-electron chi connectivity index (χ1n) is 14.1. The van der Waals surface area contributed by atoms with Gasteiger partial charge in [0.2, 0.25) is 5.95 Å². The van der Waals surface area contributed by atoms with Crippen LogP contribution in [0.15, 0.2) is 42.4 Å². The fourth-order valence-corrected chi connectivity index (χ4v) is 5.94. The lowest BCUT2D eigenvalue weighted by atomic mass is 9.92. The number of pyridine rings is 2. The van der Waals surface area contributed by atoms with Gasteiger partial charge in [0.05, 0.1) is 44.5 Å². The van der Waals surface area contributed by atoms with Gasteiger partial charge in [0, 0.05) is 41.3 Å². The molecule has 0 unspecified atom stereocenters. The molecule has 2 saturated carbocycles. The van der Waals surface area contributed by atoms with Crippen LogP contribution in [0.2, 0.25) is 5.02 Å². The fraction of sp³-hybridized carbons (Fsp3) is 0.433. The average Bonchev–Trinajstić information content (AvgIpc) is 3.87. The molecule has 43 heavy (non-hydrogen) atoms. The lowest BCUT2D eigenvalue weighted by Gasteiger charge is -2.29. The molecule has 0 amide bonds. The van der Waals surface area contributed by atoms with Crippen molar-refractivity contribution in [1.82, 2.24) is 25.9 Å². The van der Waals surface area contributed by atoms with Gasteiger partial charge in [-0.25, -0.2) is 4.98 Å².